The van der Waals surface area contributed by atoms with E-state index < -0.39 is 0 Å². The molecule has 0 radical (unpaired) electrons. The van der Waals surface area contributed by atoms with Gasteiger partial charge in [0, 0.05) is 31.1 Å². The molecule has 3 heteroatoms. The summed E-state index contributed by atoms with van der Waals surface area (Å²) in [5, 5.41) is 3.35. The van der Waals surface area contributed by atoms with Crippen molar-refractivity contribution in [2.75, 3.05) is 13.1 Å². The number of rotatable bonds is 3. The van der Waals surface area contributed by atoms with Crippen molar-refractivity contribution in [2.24, 2.45) is 5.92 Å². The third-order valence-electron chi connectivity index (χ3n) is 3.10. The standard InChI is InChI=1S/C13H26N2O/c1-10-8-11(2)15(9-10)12(16)6-7-14-13(3,4)5/h10-11,14H,6-9H2,1-5H3. The van der Waals surface area contributed by atoms with E-state index >= 15 is 0 Å². The summed E-state index contributed by atoms with van der Waals surface area (Å²) in [7, 11) is 0. The van der Waals surface area contributed by atoms with Gasteiger partial charge >= 0.3 is 0 Å². The molecule has 1 aliphatic rings. The van der Waals surface area contributed by atoms with Crippen LogP contribution in [0.2, 0.25) is 0 Å². The van der Waals surface area contributed by atoms with Crippen molar-refractivity contribution in [3.8, 4) is 0 Å². The van der Waals surface area contributed by atoms with Gasteiger partial charge in [-0.3, -0.25) is 4.79 Å². The van der Waals surface area contributed by atoms with Crippen molar-refractivity contribution in [2.45, 2.75) is 59.0 Å². The van der Waals surface area contributed by atoms with E-state index in [4.69, 9.17) is 0 Å². The second-order valence-corrected chi connectivity index (χ2v) is 6.16. The van der Waals surface area contributed by atoms with Crippen molar-refractivity contribution in [3.63, 3.8) is 0 Å². The van der Waals surface area contributed by atoms with Gasteiger partial charge in [0.2, 0.25) is 5.91 Å². The molecule has 1 heterocycles. The molecule has 3 nitrogen and oxygen atoms in total. The lowest BCUT2D eigenvalue weighted by atomic mass is 10.1. The summed E-state index contributed by atoms with van der Waals surface area (Å²) in [6, 6.07) is 0.428. The number of hydrogen-bond donors (Lipinski definition) is 1. The largest absolute Gasteiger partial charge is 0.340 e. The molecular formula is C13H26N2O. The van der Waals surface area contributed by atoms with Crippen LogP contribution in [0.15, 0.2) is 0 Å². The Morgan fingerprint density at radius 1 is 1.38 bits per heavy atom. The van der Waals surface area contributed by atoms with E-state index in [-0.39, 0.29) is 5.54 Å². The molecule has 0 aromatic rings. The zero-order chi connectivity index (χ0) is 12.3. The van der Waals surface area contributed by atoms with Gasteiger partial charge in [0.05, 0.1) is 0 Å². The van der Waals surface area contributed by atoms with Gasteiger partial charge in [-0.1, -0.05) is 6.92 Å². The van der Waals surface area contributed by atoms with E-state index in [0.29, 0.717) is 24.3 Å². The number of carbonyl (C=O) groups excluding carboxylic acids is 1. The van der Waals surface area contributed by atoms with Crippen molar-refractivity contribution in [1.29, 1.82) is 0 Å². The summed E-state index contributed by atoms with van der Waals surface area (Å²) < 4.78 is 0. The molecule has 2 atom stereocenters. The van der Waals surface area contributed by atoms with Crippen LogP contribution in [0.5, 0.6) is 0 Å². The molecule has 1 amide bonds. The Labute approximate surface area is 99.6 Å². The summed E-state index contributed by atoms with van der Waals surface area (Å²) in [6.07, 6.45) is 1.77. The van der Waals surface area contributed by atoms with Crippen LogP contribution in [0.1, 0.15) is 47.5 Å². The molecule has 94 valence electrons. The van der Waals surface area contributed by atoms with Crippen LogP contribution in [-0.2, 0) is 4.79 Å². The Bertz CT molecular complexity index is 245. The quantitative estimate of drug-likeness (QED) is 0.798. The summed E-state index contributed by atoms with van der Waals surface area (Å²) in [5.41, 5.74) is 0.101. The average Bonchev–Trinajstić information content (AvgIpc) is 2.43. The zero-order valence-electron chi connectivity index (χ0n) is 11.3. The second kappa shape index (κ2) is 5.17. The van der Waals surface area contributed by atoms with E-state index in [2.05, 4.69) is 39.9 Å². The van der Waals surface area contributed by atoms with E-state index in [1.807, 2.05) is 4.90 Å². The molecule has 0 spiro atoms. The average molecular weight is 226 g/mol. The monoisotopic (exact) mass is 226 g/mol. The summed E-state index contributed by atoms with van der Waals surface area (Å²) >= 11 is 0. The van der Waals surface area contributed by atoms with Gasteiger partial charge in [-0.25, -0.2) is 0 Å². The first-order valence-electron chi connectivity index (χ1n) is 6.34. The Kier molecular flexibility index (Phi) is 4.36. The predicted octanol–water partition coefficient (Wildman–Crippen LogP) is 2.02. The van der Waals surface area contributed by atoms with Crippen molar-refractivity contribution >= 4 is 5.91 Å². The smallest absolute Gasteiger partial charge is 0.224 e. The molecule has 1 fully saturated rings. The molecule has 1 saturated heterocycles. The Balaban J connectivity index is 2.30. The SMILES string of the molecule is CC1CC(C)N(C(=O)CCNC(C)(C)C)C1. The van der Waals surface area contributed by atoms with Gasteiger partial charge in [0.15, 0.2) is 0 Å². The maximum Gasteiger partial charge on any atom is 0.224 e. The van der Waals surface area contributed by atoms with Gasteiger partial charge in [-0.15, -0.1) is 0 Å². The van der Waals surface area contributed by atoms with Crippen LogP contribution in [0.4, 0.5) is 0 Å². The minimum absolute atomic E-state index is 0.101. The molecule has 0 aromatic heterocycles. The highest BCUT2D eigenvalue weighted by atomic mass is 16.2. The van der Waals surface area contributed by atoms with Gasteiger partial charge in [0.1, 0.15) is 0 Å². The minimum atomic E-state index is 0.101. The number of amides is 1. The van der Waals surface area contributed by atoms with Crippen molar-refractivity contribution in [1.82, 2.24) is 10.2 Å². The zero-order valence-corrected chi connectivity index (χ0v) is 11.3. The molecule has 0 aromatic carbocycles. The summed E-state index contributed by atoms with van der Waals surface area (Å²) in [4.78, 5) is 14.0. The van der Waals surface area contributed by atoms with Crippen LogP contribution in [0, 0.1) is 5.92 Å². The number of carbonyl (C=O) groups is 1. The third kappa shape index (κ3) is 4.12. The lowest BCUT2D eigenvalue weighted by Crippen LogP contribution is -2.40. The van der Waals surface area contributed by atoms with Crippen LogP contribution >= 0.6 is 0 Å². The Morgan fingerprint density at radius 2 is 2.00 bits per heavy atom. The predicted molar refractivity (Wildman–Crippen MR) is 67.3 cm³/mol. The van der Waals surface area contributed by atoms with E-state index in [9.17, 15) is 4.79 Å². The van der Waals surface area contributed by atoms with E-state index in [0.717, 1.165) is 19.5 Å². The summed E-state index contributed by atoms with van der Waals surface area (Å²) in [5.74, 6) is 0.961. The van der Waals surface area contributed by atoms with E-state index in [1.54, 1.807) is 0 Å². The maximum atomic E-state index is 12.0. The number of nitrogens with zero attached hydrogens (tertiary/aromatic N) is 1. The van der Waals surface area contributed by atoms with Crippen molar-refractivity contribution in [3.05, 3.63) is 0 Å². The first-order valence-corrected chi connectivity index (χ1v) is 6.34. The molecule has 1 rings (SSSR count). The van der Waals surface area contributed by atoms with Crippen LogP contribution < -0.4 is 5.32 Å². The fraction of sp³-hybridized carbons (Fsp3) is 0.923. The van der Waals surface area contributed by atoms with Gasteiger partial charge in [-0.2, -0.15) is 0 Å². The molecule has 0 aliphatic carbocycles. The van der Waals surface area contributed by atoms with Gasteiger partial charge in [-0.05, 0) is 40.0 Å². The first kappa shape index (κ1) is 13.5. The third-order valence-corrected chi connectivity index (χ3v) is 3.10. The number of nitrogens with one attached hydrogen (secondary N) is 1. The second-order valence-electron chi connectivity index (χ2n) is 6.16. The molecular weight excluding hydrogens is 200 g/mol. The highest BCUT2D eigenvalue weighted by Gasteiger charge is 2.29. The first-order chi connectivity index (χ1) is 7.29. The van der Waals surface area contributed by atoms with Gasteiger partial charge < -0.3 is 10.2 Å². The minimum Gasteiger partial charge on any atom is -0.340 e. The van der Waals surface area contributed by atoms with Crippen LogP contribution in [0.3, 0.4) is 0 Å². The summed E-state index contributed by atoms with van der Waals surface area (Å²) in [6.45, 7) is 12.5. The fourth-order valence-electron chi connectivity index (χ4n) is 2.34. The molecule has 1 aliphatic heterocycles. The highest BCUT2D eigenvalue weighted by Crippen LogP contribution is 2.22. The number of hydrogen-bond acceptors (Lipinski definition) is 2. The lowest BCUT2D eigenvalue weighted by Gasteiger charge is -2.24. The highest BCUT2D eigenvalue weighted by molar-refractivity contribution is 5.77. The molecule has 16 heavy (non-hydrogen) atoms. The molecule has 1 N–H and O–H groups in total. The Morgan fingerprint density at radius 3 is 2.44 bits per heavy atom. The van der Waals surface area contributed by atoms with E-state index in [1.165, 1.54) is 0 Å². The topological polar surface area (TPSA) is 32.3 Å². The van der Waals surface area contributed by atoms with Crippen molar-refractivity contribution < 1.29 is 4.79 Å². The number of likely N-dealkylation sites (tertiary alicyclic amines) is 1. The van der Waals surface area contributed by atoms with Gasteiger partial charge in [0.25, 0.3) is 0 Å². The Hall–Kier alpha value is -0.570. The normalized spacial score (nSPS) is 26.2. The van der Waals surface area contributed by atoms with Crippen LogP contribution in [0.25, 0.3) is 0 Å². The van der Waals surface area contributed by atoms with Crippen LogP contribution in [-0.4, -0.2) is 35.5 Å². The molecule has 0 bridgehead atoms. The lowest BCUT2D eigenvalue weighted by molar-refractivity contribution is -0.131. The molecule has 0 saturated carbocycles. The maximum absolute atomic E-state index is 12.0. The fourth-order valence-corrected chi connectivity index (χ4v) is 2.34. The molecule has 2 unspecified atom stereocenters.